The maximum Gasteiger partial charge on any atom is 0.296 e. The Kier molecular flexibility index (Phi) is 9.74. The Hall–Kier alpha value is -2.69. The molecule has 4 aromatic rings. The number of fused-ring (bicyclic) bond motifs is 1. The second kappa shape index (κ2) is 12.9. The van der Waals surface area contributed by atoms with Crippen LogP contribution in [-0.2, 0) is 23.2 Å². The highest BCUT2D eigenvalue weighted by molar-refractivity contribution is 8.08. The second-order valence-electron chi connectivity index (χ2n) is 9.08. The molecule has 3 aromatic carbocycles. The Morgan fingerprint density at radius 2 is 1.77 bits per heavy atom. The van der Waals surface area contributed by atoms with Crippen LogP contribution in [0.25, 0.3) is 22.0 Å². The molecule has 0 spiro atoms. The number of hydrogen-bond acceptors (Lipinski definition) is 6. The largest absolute Gasteiger partial charge is 0.748 e. The van der Waals surface area contributed by atoms with Gasteiger partial charge < -0.3 is 14.6 Å². The second-order valence-corrected chi connectivity index (χ2v) is 12.5. The molecule has 0 saturated heterocycles. The average molecular weight is 621 g/mol. The van der Waals surface area contributed by atoms with E-state index in [9.17, 15) is 18.1 Å². The number of anilines is 1. The number of hydrogen-bond donors (Lipinski definition) is 1. The van der Waals surface area contributed by atoms with Crippen molar-refractivity contribution in [2.24, 2.45) is 0 Å². The van der Waals surface area contributed by atoms with Gasteiger partial charge in [-0.2, -0.15) is 0 Å². The molecule has 7 nitrogen and oxygen atoms in total. The van der Waals surface area contributed by atoms with Crippen LogP contribution in [-0.4, -0.2) is 41.5 Å². The van der Waals surface area contributed by atoms with Crippen LogP contribution in [0.1, 0.15) is 32.2 Å². The van der Waals surface area contributed by atoms with E-state index in [4.69, 9.17) is 23.2 Å². The average Bonchev–Trinajstić information content (AvgIpc) is 3.22. The molecule has 1 N–H and O–H groups in total. The van der Waals surface area contributed by atoms with Gasteiger partial charge in [0.1, 0.15) is 10.7 Å². The molecule has 4 rings (SSSR count). The minimum absolute atomic E-state index is 0.0420. The van der Waals surface area contributed by atoms with Crippen LogP contribution in [0.15, 0.2) is 65.6 Å². The van der Waals surface area contributed by atoms with Gasteiger partial charge >= 0.3 is 0 Å². The number of aryl methyl sites for hydroxylation is 2. The van der Waals surface area contributed by atoms with Gasteiger partial charge in [0.05, 0.1) is 39.0 Å². The first-order chi connectivity index (χ1) is 19.1. The smallest absolute Gasteiger partial charge is 0.296 e. The molecule has 0 radical (unpaired) electrons. The van der Waals surface area contributed by atoms with Crippen LogP contribution in [0.4, 0.5) is 5.69 Å². The Labute approximate surface area is 249 Å². The topological polar surface area (TPSA) is 89.5 Å². The lowest BCUT2D eigenvalue weighted by Crippen LogP contribution is -2.36. The van der Waals surface area contributed by atoms with Crippen molar-refractivity contribution in [3.63, 3.8) is 0 Å². The summed E-state index contributed by atoms with van der Waals surface area (Å²) in [6.07, 6.45) is 1.95. The summed E-state index contributed by atoms with van der Waals surface area (Å²) in [5.74, 6) is 0.486. The zero-order valence-electron chi connectivity index (χ0n) is 22.5. The van der Waals surface area contributed by atoms with Crippen molar-refractivity contribution in [3.05, 3.63) is 82.1 Å². The third kappa shape index (κ3) is 6.78. The number of phenols is 1. The highest BCUT2D eigenvalue weighted by atomic mass is 35.5. The summed E-state index contributed by atoms with van der Waals surface area (Å²) in [6.45, 7) is 7.91. The van der Waals surface area contributed by atoms with Crippen molar-refractivity contribution in [1.82, 2.24) is 4.57 Å². The van der Waals surface area contributed by atoms with E-state index in [0.717, 1.165) is 26.7 Å². The summed E-state index contributed by atoms with van der Waals surface area (Å²) >= 11 is 14.4. The third-order valence-corrected chi connectivity index (χ3v) is 9.03. The zero-order chi connectivity index (χ0) is 29.0. The van der Waals surface area contributed by atoms with E-state index in [1.165, 1.54) is 0 Å². The zero-order valence-corrected chi connectivity index (χ0v) is 25.6. The van der Waals surface area contributed by atoms with E-state index in [0.29, 0.717) is 40.9 Å². The minimum atomic E-state index is -4.35. The fourth-order valence-corrected chi connectivity index (χ4v) is 6.48. The lowest BCUT2D eigenvalue weighted by Gasteiger charge is -2.24. The van der Waals surface area contributed by atoms with Gasteiger partial charge in [-0.15, -0.1) is 0 Å². The van der Waals surface area contributed by atoms with Gasteiger partial charge in [-0.25, -0.2) is 17.6 Å². The van der Waals surface area contributed by atoms with Gasteiger partial charge in [0.15, 0.2) is 11.0 Å². The Bertz CT molecular complexity index is 1610. The first kappa shape index (κ1) is 30.3. The van der Waals surface area contributed by atoms with Crippen LogP contribution >= 0.6 is 35.0 Å². The summed E-state index contributed by atoms with van der Waals surface area (Å²) in [7, 11) is -4.35. The van der Waals surface area contributed by atoms with E-state index < -0.39 is 15.9 Å². The Morgan fingerprint density at radius 3 is 2.38 bits per heavy atom. The number of halogens is 2. The molecule has 0 aliphatic carbocycles. The van der Waals surface area contributed by atoms with E-state index in [2.05, 4.69) is 23.0 Å². The third-order valence-electron chi connectivity index (χ3n) is 6.59. The van der Waals surface area contributed by atoms with Gasteiger partial charge in [-0.3, -0.25) is 0 Å². The molecular formula is C29H31Cl2N3O4S2. The Balaban J connectivity index is 1.87. The SMILES string of the molecule is CCN(CCS(=O)(=O)[O-])c1ccc(/C=C(\Sc2ccccc2)c2n(CC)c3cc(Cl)c(Cl)cc3[n+]2CC)c(O)c1. The maximum atomic E-state index is 11.2. The number of rotatable bonds is 11. The number of thioether (sulfide) groups is 1. The quantitative estimate of drug-likeness (QED) is 0.115. The molecular weight excluding hydrogens is 589 g/mol. The minimum Gasteiger partial charge on any atom is -0.748 e. The number of phenolic OH excluding ortho intramolecular Hbond substituents is 1. The molecule has 0 unspecified atom stereocenters. The summed E-state index contributed by atoms with van der Waals surface area (Å²) < 4.78 is 37.9. The van der Waals surface area contributed by atoms with Crippen LogP contribution in [0.5, 0.6) is 5.75 Å². The van der Waals surface area contributed by atoms with Crippen molar-refractivity contribution in [2.45, 2.75) is 38.8 Å². The lowest BCUT2D eigenvalue weighted by atomic mass is 10.1. The highest BCUT2D eigenvalue weighted by Crippen LogP contribution is 2.39. The van der Waals surface area contributed by atoms with Crippen LogP contribution in [0.2, 0.25) is 10.0 Å². The van der Waals surface area contributed by atoms with Crippen molar-refractivity contribution in [2.75, 3.05) is 23.7 Å². The molecule has 0 fully saturated rings. The van der Waals surface area contributed by atoms with E-state index in [-0.39, 0.29) is 12.3 Å². The van der Waals surface area contributed by atoms with Gasteiger partial charge in [-0.1, -0.05) is 53.2 Å². The fourth-order valence-electron chi connectivity index (χ4n) is 4.68. The number of aromatic hydroxyl groups is 1. The maximum absolute atomic E-state index is 11.2. The molecule has 1 aromatic heterocycles. The molecule has 0 atom stereocenters. The molecule has 212 valence electrons. The van der Waals surface area contributed by atoms with E-state index in [1.54, 1.807) is 28.8 Å². The first-order valence-corrected chi connectivity index (χ1v) is 16.1. The molecule has 0 amide bonds. The lowest BCUT2D eigenvalue weighted by molar-refractivity contribution is -0.670. The van der Waals surface area contributed by atoms with Gasteiger partial charge in [-0.05, 0) is 51.1 Å². The van der Waals surface area contributed by atoms with Crippen LogP contribution in [0, 0.1) is 0 Å². The summed E-state index contributed by atoms with van der Waals surface area (Å²) in [5.41, 5.74) is 3.15. The predicted octanol–water partition coefficient (Wildman–Crippen LogP) is 6.64. The highest BCUT2D eigenvalue weighted by Gasteiger charge is 2.28. The summed E-state index contributed by atoms with van der Waals surface area (Å²) in [5, 5.41) is 12.0. The number of imidazole rings is 1. The van der Waals surface area contributed by atoms with Gasteiger partial charge in [0, 0.05) is 47.4 Å². The van der Waals surface area contributed by atoms with Gasteiger partial charge in [0.2, 0.25) is 0 Å². The van der Waals surface area contributed by atoms with Crippen LogP contribution < -0.4 is 9.47 Å². The molecule has 1 heterocycles. The molecule has 0 aliphatic rings. The van der Waals surface area contributed by atoms with Crippen molar-refractivity contribution in [3.8, 4) is 5.75 Å². The first-order valence-electron chi connectivity index (χ1n) is 12.9. The number of nitrogens with zero attached hydrogens (tertiary/aromatic N) is 3. The normalized spacial score (nSPS) is 12.3. The van der Waals surface area contributed by atoms with E-state index >= 15 is 0 Å². The van der Waals surface area contributed by atoms with Crippen molar-refractivity contribution in [1.29, 1.82) is 0 Å². The summed E-state index contributed by atoms with van der Waals surface area (Å²) in [6, 6.07) is 19.0. The standard InChI is InChI=1S/C29H31Cl2N3O4S2/c1-4-32(14-15-40(36,37)38)21-13-12-20(27(35)17-21)16-28(39-22-10-8-7-9-11-22)29-33(5-2)25-18-23(30)24(31)19-26(25)34(29)6-3/h7-13,16-19H,4-6,14-15H2,1-3H3,(H,36,37,38). The molecule has 0 aliphatic heterocycles. The Morgan fingerprint density at radius 1 is 1.07 bits per heavy atom. The van der Waals surface area contributed by atoms with Gasteiger partial charge in [0.25, 0.3) is 5.82 Å². The van der Waals surface area contributed by atoms with Crippen molar-refractivity contribution < 1.29 is 22.6 Å². The van der Waals surface area contributed by atoms with E-state index in [1.807, 2.05) is 61.5 Å². The number of aromatic nitrogens is 2. The summed E-state index contributed by atoms with van der Waals surface area (Å²) in [4.78, 5) is 3.69. The molecule has 11 heteroatoms. The van der Waals surface area contributed by atoms with Crippen LogP contribution in [0.3, 0.4) is 0 Å². The molecule has 40 heavy (non-hydrogen) atoms. The monoisotopic (exact) mass is 619 g/mol. The predicted molar refractivity (Wildman–Crippen MR) is 164 cm³/mol. The molecule has 0 saturated carbocycles. The fraction of sp³-hybridized carbons (Fsp3) is 0.276. The molecule has 0 bridgehead atoms. The van der Waals surface area contributed by atoms with Crippen molar-refractivity contribution >= 4 is 72.8 Å². The number of benzene rings is 3.